The van der Waals surface area contributed by atoms with E-state index < -0.39 is 0 Å². The van der Waals surface area contributed by atoms with Gasteiger partial charge in [-0.25, -0.2) is 0 Å². The molecule has 0 aromatic heterocycles. The molecule has 0 aliphatic rings. The minimum atomic E-state index is 0. The fourth-order valence-corrected chi connectivity index (χ4v) is 0. The Morgan fingerprint density at radius 3 is 0.214 bits per heavy atom. The molecule has 0 saturated heterocycles. The molecule has 0 rings (SSSR count). The molecule has 14 heavy (non-hydrogen) atoms. The Hall–Kier alpha value is 4.41. The molecular weight excluding hydrogens is 584 g/mol. The molecule has 7 nitrogen and oxygen atoms in total. The molecular formula is H14BaFe6O7. The van der Waals surface area contributed by atoms with E-state index in [9.17, 15) is 0 Å². The number of hydrogen-bond donors (Lipinski definition) is 0. The Morgan fingerprint density at radius 1 is 0.214 bits per heavy atom. The molecule has 0 aromatic rings. The van der Waals surface area contributed by atoms with Gasteiger partial charge in [0.05, 0.1) is 0 Å². The van der Waals surface area contributed by atoms with Crippen LogP contribution in [0.2, 0.25) is 0 Å². The standard InChI is InChI=1S/Ba.6Fe.7H2O/h;;;;;;;7*1H2. The fraction of sp³-hybridized carbons (Fsp3) is 0. The summed E-state index contributed by atoms with van der Waals surface area (Å²) < 4.78 is 0. The number of hydrogen-bond acceptors (Lipinski definition) is 0. The molecule has 14 N–H and O–H groups in total. The van der Waals surface area contributed by atoms with E-state index in [2.05, 4.69) is 0 Å². The van der Waals surface area contributed by atoms with E-state index in [0.29, 0.717) is 0 Å². The van der Waals surface area contributed by atoms with Crippen LogP contribution in [0.15, 0.2) is 0 Å². The summed E-state index contributed by atoms with van der Waals surface area (Å²) in [5.41, 5.74) is 0. The van der Waals surface area contributed by atoms with Gasteiger partial charge in [0.25, 0.3) is 0 Å². The van der Waals surface area contributed by atoms with Gasteiger partial charge in [-0.1, -0.05) is 0 Å². The van der Waals surface area contributed by atoms with E-state index in [4.69, 9.17) is 0 Å². The summed E-state index contributed by atoms with van der Waals surface area (Å²) in [4.78, 5) is 0. The van der Waals surface area contributed by atoms with Gasteiger partial charge in [0, 0.05) is 151 Å². The molecule has 0 fully saturated rings. The second-order valence-electron chi connectivity index (χ2n) is 0. The first-order valence-electron chi connectivity index (χ1n) is 0. The van der Waals surface area contributed by atoms with E-state index in [1.807, 2.05) is 0 Å². The predicted octanol–water partition coefficient (Wildman–Crippen LogP) is -6.17. The van der Waals surface area contributed by atoms with Crippen molar-refractivity contribution in [3.05, 3.63) is 0 Å². The first kappa shape index (κ1) is 287. The van der Waals surface area contributed by atoms with Crippen molar-refractivity contribution in [1.29, 1.82) is 0 Å². The van der Waals surface area contributed by atoms with Crippen molar-refractivity contribution in [2.45, 2.75) is 0 Å². The van der Waals surface area contributed by atoms with Crippen molar-refractivity contribution in [1.82, 2.24) is 0 Å². The van der Waals surface area contributed by atoms with Crippen molar-refractivity contribution in [2.75, 3.05) is 0 Å². The van der Waals surface area contributed by atoms with Gasteiger partial charge >= 0.3 is 0 Å². The van der Waals surface area contributed by atoms with Crippen LogP contribution in [-0.4, -0.2) is 87.2 Å². The molecule has 0 saturated carbocycles. The zero-order valence-corrected chi connectivity index (χ0v) is 17.4. The van der Waals surface area contributed by atoms with Crippen LogP contribution in [-0.2, 0) is 102 Å². The molecule has 0 unspecified atom stereocenters. The molecule has 14 heteroatoms. The van der Waals surface area contributed by atoms with Crippen LogP contribution in [0.5, 0.6) is 0 Å². The van der Waals surface area contributed by atoms with Crippen LogP contribution in [0.25, 0.3) is 0 Å². The van der Waals surface area contributed by atoms with Crippen LogP contribution in [0, 0.1) is 0 Å². The van der Waals surface area contributed by atoms with E-state index in [1.165, 1.54) is 0 Å². The number of rotatable bonds is 0. The Bertz CT molecular complexity index is 18.1. The monoisotopic (exact) mass is 600 g/mol. The van der Waals surface area contributed by atoms with Gasteiger partial charge in [-0.2, -0.15) is 0 Å². The Balaban J connectivity index is 0. The van der Waals surface area contributed by atoms with E-state index in [1.54, 1.807) is 0 Å². The van der Waals surface area contributed by atoms with Gasteiger partial charge in [0.15, 0.2) is 0 Å². The molecule has 0 atom stereocenters. The molecule has 106 valence electrons. The summed E-state index contributed by atoms with van der Waals surface area (Å²) >= 11 is 0. The first-order valence-corrected chi connectivity index (χ1v) is 0. The Morgan fingerprint density at radius 2 is 0.214 bits per heavy atom. The maximum absolute atomic E-state index is 0. The van der Waals surface area contributed by atoms with E-state index >= 15 is 0 Å². The van der Waals surface area contributed by atoms with Gasteiger partial charge in [-0.3, -0.25) is 0 Å². The summed E-state index contributed by atoms with van der Waals surface area (Å²) in [6, 6.07) is 0. The minimum Gasteiger partial charge on any atom is -0.412 e. The second-order valence-corrected chi connectivity index (χ2v) is 0. The SMILES string of the molecule is O.O.O.O.O.O.O.[Ba].[Fe].[Fe].[Fe].[Fe].[Fe].[Fe]. The third kappa shape index (κ3) is 200. The smallest absolute Gasteiger partial charge is 0 e. The van der Waals surface area contributed by atoms with Crippen molar-refractivity contribution in [3.8, 4) is 0 Å². The maximum Gasteiger partial charge on any atom is 0 e. The fourth-order valence-electron chi connectivity index (χ4n) is 0. The Kier molecular flexibility index (Phi) is 4950. The average molecular weight is 599 g/mol. The van der Waals surface area contributed by atoms with Crippen LogP contribution in [0.1, 0.15) is 0 Å². The summed E-state index contributed by atoms with van der Waals surface area (Å²) in [5, 5.41) is 0. The molecule has 0 aromatic carbocycles. The predicted molar refractivity (Wildman–Crippen MR) is 31.1 cm³/mol. The van der Waals surface area contributed by atoms with Crippen LogP contribution in [0.4, 0.5) is 0 Å². The third-order valence-corrected chi connectivity index (χ3v) is 0. The zero-order chi connectivity index (χ0) is 0. The van der Waals surface area contributed by atoms with Crippen molar-refractivity contribution < 1.29 is 141 Å². The first-order chi connectivity index (χ1) is 0. The van der Waals surface area contributed by atoms with Crippen molar-refractivity contribution >= 4 is 48.9 Å². The molecule has 0 spiro atoms. The molecule has 0 amide bonds. The van der Waals surface area contributed by atoms with Crippen LogP contribution in [0.3, 0.4) is 0 Å². The van der Waals surface area contributed by atoms with Gasteiger partial charge in [0.2, 0.25) is 0 Å². The molecule has 0 aliphatic carbocycles. The van der Waals surface area contributed by atoms with Gasteiger partial charge in [-0.05, 0) is 0 Å². The van der Waals surface area contributed by atoms with Crippen molar-refractivity contribution in [3.63, 3.8) is 0 Å². The van der Waals surface area contributed by atoms with E-state index in [0.717, 1.165) is 0 Å². The van der Waals surface area contributed by atoms with Gasteiger partial charge < -0.3 is 38.3 Å². The molecule has 0 aliphatic heterocycles. The average Bonchev–Trinajstić information content (AvgIpc) is 0. The van der Waals surface area contributed by atoms with E-state index in [-0.39, 0.29) is 190 Å². The maximum atomic E-state index is 0. The second kappa shape index (κ2) is 241. The van der Waals surface area contributed by atoms with Crippen LogP contribution < -0.4 is 0 Å². The van der Waals surface area contributed by atoms with Gasteiger partial charge in [0.1, 0.15) is 0 Å². The normalized spacial score (nSPS) is 0. The zero-order valence-electron chi connectivity index (χ0n) is 6.33. The molecule has 2 radical (unpaired) electrons. The van der Waals surface area contributed by atoms with Crippen molar-refractivity contribution in [2.24, 2.45) is 0 Å². The quantitative estimate of drug-likeness (QED) is 0.238. The van der Waals surface area contributed by atoms with Gasteiger partial charge in [-0.15, -0.1) is 0 Å². The molecule has 0 bridgehead atoms. The topological polar surface area (TPSA) is 220 Å². The Labute approximate surface area is 186 Å². The summed E-state index contributed by atoms with van der Waals surface area (Å²) in [7, 11) is 0. The largest absolute Gasteiger partial charge is 0.412 e. The van der Waals surface area contributed by atoms with Crippen LogP contribution >= 0.6 is 0 Å². The third-order valence-electron chi connectivity index (χ3n) is 0. The minimum absolute atomic E-state index is 0. The summed E-state index contributed by atoms with van der Waals surface area (Å²) in [6.07, 6.45) is 0. The summed E-state index contributed by atoms with van der Waals surface area (Å²) in [6.45, 7) is 0. The molecule has 0 heterocycles. The summed E-state index contributed by atoms with van der Waals surface area (Å²) in [5.74, 6) is 0.